The summed E-state index contributed by atoms with van der Waals surface area (Å²) in [6.45, 7) is 0. The van der Waals surface area contributed by atoms with Gasteiger partial charge >= 0.3 is 0 Å². The quantitative estimate of drug-likeness (QED) is 0.699. The standard InChI is InChI=1S/C13H19N3O/c14-11-8-9(13(15)17)6-7-12(11)16-10-4-2-1-3-5-10/h6-8,10,16H,1-5,14H2,(H2,15,17). The van der Waals surface area contributed by atoms with Crippen LogP contribution in [0.15, 0.2) is 18.2 Å². The molecular formula is C13H19N3O. The van der Waals surface area contributed by atoms with Crippen molar-refractivity contribution < 1.29 is 4.79 Å². The maximum Gasteiger partial charge on any atom is 0.248 e. The molecule has 4 nitrogen and oxygen atoms in total. The Kier molecular flexibility index (Phi) is 3.52. The van der Waals surface area contributed by atoms with E-state index in [9.17, 15) is 4.79 Å². The van der Waals surface area contributed by atoms with E-state index in [1.54, 1.807) is 12.1 Å². The molecule has 1 aliphatic rings. The SMILES string of the molecule is NC(=O)c1ccc(NC2CCCCC2)c(N)c1. The lowest BCUT2D eigenvalue weighted by Crippen LogP contribution is -2.23. The molecule has 1 aliphatic carbocycles. The molecule has 5 N–H and O–H groups in total. The number of benzene rings is 1. The van der Waals surface area contributed by atoms with Crippen molar-refractivity contribution in [2.45, 2.75) is 38.1 Å². The smallest absolute Gasteiger partial charge is 0.248 e. The molecule has 0 aromatic heterocycles. The number of carbonyl (C=O) groups excluding carboxylic acids is 1. The monoisotopic (exact) mass is 233 g/mol. The second-order valence-electron chi connectivity index (χ2n) is 4.65. The molecule has 0 radical (unpaired) electrons. The first-order valence-corrected chi connectivity index (χ1v) is 6.12. The van der Waals surface area contributed by atoms with E-state index >= 15 is 0 Å². The first kappa shape index (κ1) is 11.8. The van der Waals surface area contributed by atoms with Crippen LogP contribution in [0.4, 0.5) is 11.4 Å². The van der Waals surface area contributed by atoms with Gasteiger partial charge < -0.3 is 16.8 Å². The van der Waals surface area contributed by atoms with Gasteiger partial charge in [-0.1, -0.05) is 19.3 Å². The van der Waals surface area contributed by atoms with Crippen LogP contribution >= 0.6 is 0 Å². The molecule has 17 heavy (non-hydrogen) atoms. The fourth-order valence-corrected chi connectivity index (χ4v) is 2.31. The first-order valence-electron chi connectivity index (χ1n) is 6.12. The maximum atomic E-state index is 11.0. The third-order valence-electron chi connectivity index (χ3n) is 3.30. The molecule has 0 atom stereocenters. The summed E-state index contributed by atoms with van der Waals surface area (Å²) >= 11 is 0. The van der Waals surface area contributed by atoms with E-state index < -0.39 is 5.91 Å². The minimum Gasteiger partial charge on any atom is -0.397 e. The largest absolute Gasteiger partial charge is 0.397 e. The van der Waals surface area contributed by atoms with Crippen molar-refractivity contribution in [3.63, 3.8) is 0 Å². The Morgan fingerprint density at radius 2 is 1.94 bits per heavy atom. The Morgan fingerprint density at radius 1 is 1.24 bits per heavy atom. The molecule has 1 aromatic rings. The summed E-state index contributed by atoms with van der Waals surface area (Å²) in [5.41, 5.74) is 13.1. The van der Waals surface area contributed by atoms with Crippen LogP contribution in [0, 0.1) is 0 Å². The Bertz CT molecular complexity index is 411. The van der Waals surface area contributed by atoms with E-state index in [0.29, 0.717) is 17.3 Å². The zero-order valence-corrected chi connectivity index (χ0v) is 9.91. The van der Waals surface area contributed by atoms with E-state index in [4.69, 9.17) is 11.5 Å². The lowest BCUT2D eigenvalue weighted by Gasteiger charge is -2.24. The van der Waals surface area contributed by atoms with Crippen molar-refractivity contribution in [1.82, 2.24) is 0 Å². The number of nitrogens with one attached hydrogen (secondary N) is 1. The summed E-state index contributed by atoms with van der Waals surface area (Å²) in [5.74, 6) is -0.444. The third-order valence-corrected chi connectivity index (χ3v) is 3.30. The lowest BCUT2D eigenvalue weighted by atomic mass is 9.95. The van der Waals surface area contributed by atoms with E-state index in [-0.39, 0.29) is 0 Å². The number of amides is 1. The number of carbonyl (C=O) groups is 1. The molecule has 1 saturated carbocycles. The second-order valence-corrected chi connectivity index (χ2v) is 4.65. The van der Waals surface area contributed by atoms with Crippen molar-refractivity contribution in [3.8, 4) is 0 Å². The Morgan fingerprint density at radius 3 is 2.53 bits per heavy atom. The highest BCUT2D eigenvalue weighted by Gasteiger charge is 2.14. The van der Waals surface area contributed by atoms with Crippen LogP contribution in [0.1, 0.15) is 42.5 Å². The van der Waals surface area contributed by atoms with Gasteiger partial charge in [0.15, 0.2) is 0 Å². The molecule has 1 amide bonds. The molecule has 4 heteroatoms. The van der Waals surface area contributed by atoms with Gasteiger partial charge in [-0.3, -0.25) is 4.79 Å². The van der Waals surface area contributed by atoms with E-state index in [0.717, 1.165) is 5.69 Å². The summed E-state index contributed by atoms with van der Waals surface area (Å²) in [6, 6.07) is 5.69. The fourth-order valence-electron chi connectivity index (χ4n) is 2.31. The van der Waals surface area contributed by atoms with Crippen LogP contribution in [-0.4, -0.2) is 11.9 Å². The number of nitrogens with two attached hydrogens (primary N) is 2. The highest BCUT2D eigenvalue weighted by molar-refractivity contribution is 5.94. The fraction of sp³-hybridized carbons (Fsp3) is 0.462. The Balaban J connectivity index is 2.08. The third kappa shape index (κ3) is 2.90. The summed E-state index contributed by atoms with van der Waals surface area (Å²) in [7, 11) is 0. The van der Waals surface area contributed by atoms with E-state index in [2.05, 4.69) is 5.32 Å². The zero-order valence-electron chi connectivity index (χ0n) is 9.91. The number of rotatable bonds is 3. The molecule has 0 saturated heterocycles. The normalized spacial score (nSPS) is 16.7. The van der Waals surface area contributed by atoms with Crippen LogP contribution in [0.3, 0.4) is 0 Å². The molecule has 0 unspecified atom stereocenters. The van der Waals surface area contributed by atoms with Crippen LogP contribution in [-0.2, 0) is 0 Å². The molecule has 92 valence electrons. The topological polar surface area (TPSA) is 81.1 Å². The summed E-state index contributed by atoms with van der Waals surface area (Å²) in [6.07, 6.45) is 6.26. The van der Waals surface area contributed by atoms with Gasteiger partial charge in [0.05, 0.1) is 11.4 Å². The average Bonchev–Trinajstić information content (AvgIpc) is 2.33. The highest BCUT2D eigenvalue weighted by Crippen LogP contribution is 2.25. The van der Waals surface area contributed by atoms with Crippen LogP contribution < -0.4 is 16.8 Å². The number of primary amides is 1. The number of hydrogen-bond donors (Lipinski definition) is 3. The van der Waals surface area contributed by atoms with E-state index in [1.807, 2.05) is 6.07 Å². The molecule has 2 rings (SSSR count). The van der Waals surface area contributed by atoms with Gasteiger partial charge in [0.25, 0.3) is 0 Å². The molecule has 0 aliphatic heterocycles. The van der Waals surface area contributed by atoms with Crippen LogP contribution in [0.25, 0.3) is 0 Å². The highest BCUT2D eigenvalue weighted by atomic mass is 16.1. The summed E-state index contributed by atoms with van der Waals surface area (Å²) in [4.78, 5) is 11.0. The van der Waals surface area contributed by atoms with Crippen molar-refractivity contribution >= 4 is 17.3 Å². The van der Waals surface area contributed by atoms with Crippen LogP contribution in [0.2, 0.25) is 0 Å². The predicted molar refractivity (Wildman–Crippen MR) is 69.9 cm³/mol. The molecule has 1 fully saturated rings. The number of hydrogen-bond acceptors (Lipinski definition) is 3. The average molecular weight is 233 g/mol. The lowest BCUT2D eigenvalue weighted by molar-refractivity contribution is 0.100. The molecular weight excluding hydrogens is 214 g/mol. The van der Waals surface area contributed by atoms with Gasteiger partial charge in [0.2, 0.25) is 5.91 Å². The molecule has 0 spiro atoms. The predicted octanol–water partition coefficient (Wildman–Crippen LogP) is 2.11. The van der Waals surface area contributed by atoms with Crippen molar-refractivity contribution in [2.75, 3.05) is 11.1 Å². The number of anilines is 2. The first-order chi connectivity index (χ1) is 8.16. The summed E-state index contributed by atoms with van der Waals surface area (Å²) < 4.78 is 0. The van der Waals surface area contributed by atoms with Gasteiger partial charge in [-0.25, -0.2) is 0 Å². The van der Waals surface area contributed by atoms with Gasteiger partial charge in [-0.05, 0) is 31.0 Å². The van der Waals surface area contributed by atoms with Crippen molar-refractivity contribution in [1.29, 1.82) is 0 Å². The van der Waals surface area contributed by atoms with Gasteiger partial charge in [-0.2, -0.15) is 0 Å². The second kappa shape index (κ2) is 5.08. The minimum absolute atomic E-state index is 0.444. The Labute approximate surface area is 101 Å². The van der Waals surface area contributed by atoms with Gasteiger partial charge in [0.1, 0.15) is 0 Å². The Hall–Kier alpha value is -1.71. The summed E-state index contributed by atoms with van der Waals surface area (Å²) in [5, 5.41) is 3.44. The van der Waals surface area contributed by atoms with Crippen molar-refractivity contribution in [3.05, 3.63) is 23.8 Å². The van der Waals surface area contributed by atoms with E-state index in [1.165, 1.54) is 32.1 Å². The molecule has 0 bridgehead atoms. The maximum absolute atomic E-state index is 11.0. The van der Waals surface area contributed by atoms with Crippen LogP contribution in [0.5, 0.6) is 0 Å². The van der Waals surface area contributed by atoms with Crippen molar-refractivity contribution in [2.24, 2.45) is 5.73 Å². The van der Waals surface area contributed by atoms with Gasteiger partial charge in [0, 0.05) is 11.6 Å². The molecule has 0 heterocycles. The van der Waals surface area contributed by atoms with Gasteiger partial charge in [-0.15, -0.1) is 0 Å². The molecule has 1 aromatic carbocycles. The number of nitrogen functional groups attached to an aromatic ring is 1. The zero-order chi connectivity index (χ0) is 12.3. The minimum atomic E-state index is -0.444.